The molecular weight excluding hydrogens is 853 g/mol. The summed E-state index contributed by atoms with van der Waals surface area (Å²) in [6.45, 7) is 15.0. The summed E-state index contributed by atoms with van der Waals surface area (Å²) in [7, 11) is 7.19. The molecule has 0 bridgehead atoms. The normalized spacial score (nSPS) is 35.8. The minimum Gasteiger partial charge on any atom is -0.455 e. The number of aliphatic hydroxyl groups is 1. The van der Waals surface area contributed by atoms with Crippen molar-refractivity contribution in [3.63, 3.8) is 0 Å². The summed E-state index contributed by atoms with van der Waals surface area (Å²) in [5.41, 5.74) is 2.38. The molecule has 3 aliphatic rings. The van der Waals surface area contributed by atoms with Crippen LogP contribution in [0.5, 0.6) is 0 Å². The number of nitrogen functional groups attached to an aromatic ring is 1. The number of carbonyl (C=O) groups excluding carboxylic acids is 3. The first-order valence-corrected chi connectivity index (χ1v) is 23.4. The molecule has 0 spiro atoms. The summed E-state index contributed by atoms with van der Waals surface area (Å²) in [5, 5.41) is 20.0. The molecule has 2 aromatic rings. The van der Waals surface area contributed by atoms with Crippen molar-refractivity contribution >= 4 is 35.7 Å². The van der Waals surface area contributed by atoms with Crippen molar-refractivity contribution in [2.45, 2.75) is 160 Å². The number of likely N-dealkylation sites (N-methyl/N-ethyl adjacent to an activating group) is 2. The second kappa shape index (κ2) is 22.4. The third-order valence-corrected chi connectivity index (χ3v) is 13.3. The number of hydrogen-bond acceptors (Lipinski definition) is 15. The van der Waals surface area contributed by atoms with Crippen molar-refractivity contribution in [3.8, 4) is 11.3 Å². The average Bonchev–Trinajstić information content (AvgIpc) is 3.81. The first kappa shape index (κ1) is 53.2. The highest BCUT2D eigenvalue weighted by Gasteiger charge is 2.61. The van der Waals surface area contributed by atoms with Gasteiger partial charge >= 0.3 is 12.1 Å². The number of alkyl halides is 1. The maximum atomic E-state index is 17.0. The Bertz CT molecular complexity index is 1860. The Labute approximate surface area is 382 Å². The average molecular weight is 926 g/mol. The van der Waals surface area contributed by atoms with Gasteiger partial charge in [-0.15, -0.1) is 5.10 Å². The number of aryl methyl sites for hydroxylation is 1. The number of anilines is 1. The van der Waals surface area contributed by atoms with E-state index < -0.39 is 71.3 Å². The summed E-state index contributed by atoms with van der Waals surface area (Å²) < 4.78 is 60.1. The first-order valence-electron chi connectivity index (χ1n) is 22.2. The van der Waals surface area contributed by atoms with Gasteiger partial charge in [-0.05, 0) is 106 Å². The number of Topliss-reactive ketones (excluding diaryl/α,β-unsaturated/α-hetero) is 1. The zero-order chi connectivity index (χ0) is 47.9. The number of halogens is 2. The number of ether oxygens (including phenoxy) is 5. The molecule has 19 heteroatoms. The van der Waals surface area contributed by atoms with Gasteiger partial charge in [-0.3, -0.25) is 14.4 Å². The Hall–Kier alpha value is -3.46. The van der Waals surface area contributed by atoms with E-state index in [4.69, 9.17) is 29.4 Å². The van der Waals surface area contributed by atoms with Crippen LogP contribution in [0.3, 0.4) is 0 Å². The van der Waals surface area contributed by atoms with Crippen LogP contribution in [0.25, 0.3) is 11.3 Å². The molecule has 4 unspecified atom stereocenters. The van der Waals surface area contributed by atoms with Gasteiger partial charge in [-0.1, -0.05) is 38.1 Å². The fourth-order valence-corrected chi connectivity index (χ4v) is 9.82. The van der Waals surface area contributed by atoms with E-state index in [0.717, 1.165) is 12.5 Å². The molecule has 64 heavy (non-hydrogen) atoms. The highest BCUT2D eigenvalue weighted by Crippen LogP contribution is 2.42. The molecule has 0 aliphatic carbocycles. The van der Waals surface area contributed by atoms with Crippen LogP contribution in [0.15, 0.2) is 30.5 Å². The number of aliphatic hydroxyl groups excluding tert-OH is 1. The maximum absolute atomic E-state index is 17.0. The Balaban J connectivity index is 0.00000291. The van der Waals surface area contributed by atoms with Gasteiger partial charge in [0, 0.05) is 74.4 Å². The van der Waals surface area contributed by atoms with E-state index in [0.29, 0.717) is 56.7 Å². The van der Waals surface area contributed by atoms with Crippen LogP contribution >= 0.6 is 12.1 Å². The number of methoxy groups -OCH3 is 1. The molecule has 0 saturated carbocycles. The van der Waals surface area contributed by atoms with E-state index in [1.807, 2.05) is 70.4 Å². The molecule has 1 amide bonds. The molecule has 1 aromatic carbocycles. The molecular formula is C45H73F2N7O9S. The lowest BCUT2D eigenvalue weighted by Crippen LogP contribution is -2.61. The number of cyclic esters (lactones) is 1. The molecule has 3 N–H and O–H groups in total. The number of nitrogens with zero attached hydrogens (tertiary/aromatic N) is 6. The number of benzene rings is 1. The highest BCUT2D eigenvalue weighted by molar-refractivity contribution is 7.93. The SMILES string of the molecule is CC[C@H]1OC(=O)C(C)(F)C(=O)[C@H](C)[C@@H](O[C@@H]2OC(C)CC(N(C)C)C2O)[C@](C)(OC)C[C@@H](C)CN(C)[C@H](C)[C@H]2N(CCCCn3cc(-c4cccc(N)c4)nn3)C(=O)O[C@]12C.CSF. The molecule has 5 rings (SSSR count). The molecule has 4 heterocycles. The van der Waals surface area contributed by atoms with E-state index in [2.05, 4.69) is 22.1 Å². The second-order valence-electron chi connectivity index (χ2n) is 18.6. The minimum absolute atomic E-state index is 0.101. The second-order valence-corrected chi connectivity index (χ2v) is 18.9. The maximum Gasteiger partial charge on any atom is 0.410 e. The fourth-order valence-electron chi connectivity index (χ4n) is 9.82. The largest absolute Gasteiger partial charge is 0.455 e. The van der Waals surface area contributed by atoms with Gasteiger partial charge in [0.05, 0.1) is 30.0 Å². The fraction of sp³-hybridized carbons (Fsp3) is 0.756. The third kappa shape index (κ3) is 11.9. The van der Waals surface area contributed by atoms with Crippen molar-refractivity contribution in [3.05, 3.63) is 30.5 Å². The lowest BCUT2D eigenvalue weighted by Gasteiger charge is -2.47. The van der Waals surface area contributed by atoms with E-state index >= 15 is 4.39 Å². The molecule has 1 aromatic heterocycles. The van der Waals surface area contributed by atoms with Crippen molar-refractivity contribution in [2.24, 2.45) is 11.8 Å². The van der Waals surface area contributed by atoms with Crippen LogP contribution in [-0.4, -0.2) is 166 Å². The van der Waals surface area contributed by atoms with Gasteiger partial charge < -0.3 is 44.3 Å². The Morgan fingerprint density at radius 3 is 2.36 bits per heavy atom. The van der Waals surface area contributed by atoms with E-state index in [1.54, 1.807) is 30.4 Å². The molecule has 13 atom stereocenters. The topological polar surface area (TPSA) is 184 Å². The number of carbonyl (C=O) groups is 3. The summed E-state index contributed by atoms with van der Waals surface area (Å²) in [5.74, 6) is -3.84. The third-order valence-electron chi connectivity index (χ3n) is 13.3. The van der Waals surface area contributed by atoms with E-state index in [1.165, 1.54) is 20.3 Å². The molecule has 16 nitrogen and oxygen atoms in total. The van der Waals surface area contributed by atoms with Gasteiger partial charge in [-0.25, -0.2) is 14.0 Å². The predicted molar refractivity (Wildman–Crippen MR) is 242 cm³/mol. The van der Waals surface area contributed by atoms with Crippen LogP contribution in [0, 0.1) is 11.8 Å². The van der Waals surface area contributed by atoms with E-state index in [-0.39, 0.29) is 42.7 Å². The van der Waals surface area contributed by atoms with Gasteiger partial charge in [0.25, 0.3) is 5.67 Å². The van der Waals surface area contributed by atoms with Crippen LogP contribution < -0.4 is 5.73 Å². The van der Waals surface area contributed by atoms with Crippen LogP contribution in [0.2, 0.25) is 0 Å². The van der Waals surface area contributed by atoms with Crippen LogP contribution in [0.4, 0.5) is 18.8 Å². The molecule has 3 aliphatic heterocycles. The first-order chi connectivity index (χ1) is 30.0. The Kier molecular flexibility index (Phi) is 18.6. The number of aromatic nitrogens is 3. The summed E-state index contributed by atoms with van der Waals surface area (Å²) in [4.78, 5) is 48.0. The quantitative estimate of drug-likeness (QED) is 0.117. The lowest BCUT2D eigenvalue weighted by molar-refractivity contribution is -0.295. The van der Waals surface area contributed by atoms with Crippen molar-refractivity contribution in [1.29, 1.82) is 0 Å². The summed E-state index contributed by atoms with van der Waals surface area (Å²) in [6.07, 6.45) is 0.151. The number of rotatable bonds is 11. The zero-order valence-corrected chi connectivity index (χ0v) is 40.8. The standard InChI is InChI=1S/C44H70FN7O9.CH3FS/c1-13-34-44(8)36(52(41(56)61-44)20-15-14-19-51-25-32(47-48-51)30-17-16-18-31(46)22-30)29(5)50(11)24-26(2)23-42(6,57-12)38(28(4)37(54)43(7,45)40(55)59-34)60-39-35(53)33(49(9)10)21-27(3)58-39;1-3-2/h16-18,22,25-29,33-36,38-39,53H,13-15,19-21,23-24,46H2,1-12H3;1H3/t26-,27?,28+,29-,33?,34-,35?,36-,38-,39+,42-,43?,44-;/m1./s1. The highest BCUT2D eigenvalue weighted by atomic mass is 32.2. The predicted octanol–water partition coefficient (Wildman–Crippen LogP) is 5.95. The molecule has 3 fully saturated rings. The van der Waals surface area contributed by atoms with Crippen molar-refractivity contribution in [1.82, 2.24) is 29.7 Å². The monoisotopic (exact) mass is 926 g/mol. The number of esters is 1. The zero-order valence-electron chi connectivity index (χ0n) is 40.0. The van der Waals surface area contributed by atoms with Gasteiger partial charge in [0.1, 0.15) is 17.9 Å². The van der Waals surface area contributed by atoms with Gasteiger partial charge in [-0.2, -0.15) is 3.89 Å². The van der Waals surface area contributed by atoms with Gasteiger partial charge in [0.15, 0.2) is 17.7 Å². The van der Waals surface area contributed by atoms with E-state index in [9.17, 15) is 23.4 Å². The number of hydrogen-bond donors (Lipinski definition) is 2. The number of nitrogens with two attached hydrogens (primary N) is 1. The molecule has 3 saturated heterocycles. The summed E-state index contributed by atoms with van der Waals surface area (Å²) >= 11 is 0.250. The van der Waals surface area contributed by atoms with Gasteiger partial charge in [0.2, 0.25) is 0 Å². The number of ketones is 1. The number of unbranched alkanes of at least 4 members (excludes halogenated alkanes) is 1. The van der Waals surface area contributed by atoms with Crippen molar-refractivity contribution in [2.75, 3.05) is 53.3 Å². The minimum atomic E-state index is -3.13. The number of amides is 1. The lowest BCUT2D eigenvalue weighted by atomic mass is 9.77. The molecule has 362 valence electrons. The number of fused-ring (bicyclic) bond motifs is 1. The molecule has 0 radical (unpaired) electrons. The Morgan fingerprint density at radius 2 is 1.75 bits per heavy atom. The van der Waals surface area contributed by atoms with Crippen molar-refractivity contribution < 1.29 is 51.5 Å². The Morgan fingerprint density at radius 1 is 1.09 bits per heavy atom. The summed E-state index contributed by atoms with van der Waals surface area (Å²) in [6, 6.07) is 6.14. The van der Waals surface area contributed by atoms with Crippen LogP contribution in [0.1, 0.15) is 87.5 Å². The smallest absolute Gasteiger partial charge is 0.410 e. The van der Waals surface area contributed by atoms with Crippen LogP contribution in [-0.2, 0) is 39.8 Å².